The number of rotatable bonds is 8. The quantitative estimate of drug-likeness (QED) is 0.701. The van der Waals surface area contributed by atoms with E-state index in [1.807, 2.05) is 13.8 Å². The molecule has 20 heavy (non-hydrogen) atoms. The van der Waals surface area contributed by atoms with Gasteiger partial charge in [0.25, 0.3) is 0 Å². The molecular formula is C15H29N3O2. The molecule has 0 aromatic rings. The van der Waals surface area contributed by atoms with Crippen LogP contribution >= 0.6 is 0 Å². The van der Waals surface area contributed by atoms with Gasteiger partial charge in [-0.25, -0.2) is 0 Å². The Morgan fingerprint density at radius 3 is 2.60 bits per heavy atom. The molecule has 0 aromatic carbocycles. The summed E-state index contributed by atoms with van der Waals surface area (Å²) < 4.78 is 0. The van der Waals surface area contributed by atoms with Gasteiger partial charge in [0.1, 0.15) is 0 Å². The smallest absolute Gasteiger partial charge is 0.239 e. The van der Waals surface area contributed by atoms with E-state index in [2.05, 4.69) is 5.32 Å². The Bertz CT molecular complexity index is 320. The highest BCUT2D eigenvalue weighted by atomic mass is 16.2. The van der Waals surface area contributed by atoms with Crippen LogP contribution in [0, 0.1) is 11.8 Å². The first-order valence-electron chi connectivity index (χ1n) is 7.89. The summed E-state index contributed by atoms with van der Waals surface area (Å²) in [4.78, 5) is 26.1. The minimum absolute atomic E-state index is 0.0190. The van der Waals surface area contributed by atoms with Crippen molar-refractivity contribution in [1.82, 2.24) is 10.2 Å². The van der Waals surface area contributed by atoms with Crippen molar-refractivity contribution in [1.29, 1.82) is 0 Å². The SMILES string of the molecule is CCCNC(=O)CN(CCC)C(=O)[C@@H]1CCC[C@@H]1CN. The predicted octanol–water partition coefficient (Wildman–Crippen LogP) is 1.13. The van der Waals surface area contributed by atoms with Crippen LogP contribution in [0.5, 0.6) is 0 Å². The van der Waals surface area contributed by atoms with Crippen LogP contribution in [-0.2, 0) is 9.59 Å². The topological polar surface area (TPSA) is 75.4 Å². The predicted molar refractivity (Wildman–Crippen MR) is 80.1 cm³/mol. The van der Waals surface area contributed by atoms with Gasteiger partial charge in [0.2, 0.25) is 11.8 Å². The fourth-order valence-electron chi connectivity index (χ4n) is 2.91. The largest absolute Gasteiger partial charge is 0.355 e. The van der Waals surface area contributed by atoms with E-state index >= 15 is 0 Å². The zero-order valence-corrected chi connectivity index (χ0v) is 12.9. The number of amides is 2. The van der Waals surface area contributed by atoms with Crippen LogP contribution in [0.3, 0.4) is 0 Å². The summed E-state index contributed by atoms with van der Waals surface area (Å²) in [5.74, 6) is 0.369. The summed E-state index contributed by atoms with van der Waals surface area (Å²) in [6.07, 6.45) is 4.80. The van der Waals surface area contributed by atoms with Crippen molar-refractivity contribution in [2.45, 2.75) is 46.0 Å². The van der Waals surface area contributed by atoms with Gasteiger partial charge in [-0.15, -0.1) is 0 Å². The summed E-state index contributed by atoms with van der Waals surface area (Å²) in [5.41, 5.74) is 5.75. The normalized spacial score (nSPS) is 21.8. The molecule has 5 nitrogen and oxygen atoms in total. The van der Waals surface area contributed by atoms with E-state index in [0.717, 1.165) is 32.1 Å². The van der Waals surface area contributed by atoms with E-state index in [-0.39, 0.29) is 24.3 Å². The Morgan fingerprint density at radius 2 is 2.00 bits per heavy atom. The van der Waals surface area contributed by atoms with E-state index in [1.54, 1.807) is 4.90 Å². The van der Waals surface area contributed by atoms with Gasteiger partial charge < -0.3 is 16.0 Å². The fraction of sp³-hybridized carbons (Fsp3) is 0.867. The molecule has 1 rings (SSSR count). The third-order valence-corrected chi connectivity index (χ3v) is 3.99. The van der Waals surface area contributed by atoms with Crippen LogP contribution in [0.4, 0.5) is 0 Å². The van der Waals surface area contributed by atoms with Gasteiger partial charge in [0.15, 0.2) is 0 Å². The van der Waals surface area contributed by atoms with Gasteiger partial charge in [-0.1, -0.05) is 20.3 Å². The number of carbonyl (C=O) groups excluding carboxylic acids is 2. The molecule has 0 aromatic heterocycles. The highest BCUT2D eigenvalue weighted by molar-refractivity contribution is 5.86. The molecule has 1 aliphatic rings. The van der Waals surface area contributed by atoms with Crippen LogP contribution in [0.15, 0.2) is 0 Å². The molecule has 0 saturated heterocycles. The minimum atomic E-state index is -0.0593. The van der Waals surface area contributed by atoms with Crippen LogP contribution in [0.2, 0.25) is 0 Å². The molecule has 1 fully saturated rings. The average molecular weight is 283 g/mol. The van der Waals surface area contributed by atoms with Crippen molar-refractivity contribution in [3.63, 3.8) is 0 Å². The Labute approximate surface area is 122 Å². The van der Waals surface area contributed by atoms with Crippen molar-refractivity contribution < 1.29 is 9.59 Å². The van der Waals surface area contributed by atoms with E-state index < -0.39 is 0 Å². The maximum absolute atomic E-state index is 12.6. The summed E-state index contributed by atoms with van der Waals surface area (Å²) in [5, 5.41) is 2.83. The second kappa shape index (κ2) is 8.95. The van der Waals surface area contributed by atoms with Crippen LogP contribution < -0.4 is 11.1 Å². The highest BCUT2D eigenvalue weighted by Crippen LogP contribution is 2.32. The Balaban J connectivity index is 2.59. The van der Waals surface area contributed by atoms with Gasteiger partial charge >= 0.3 is 0 Å². The lowest BCUT2D eigenvalue weighted by molar-refractivity contribution is -0.140. The standard InChI is InChI=1S/C15H29N3O2/c1-3-8-17-14(19)11-18(9-4-2)15(20)13-7-5-6-12(13)10-16/h12-13H,3-11,16H2,1-2H3,(H,17,19)/t12-,13-/m1/s1. The molecule has 0 spiro atoms. The third kappa shape index (κ3) is 4.78. The molecule has 0 unspecified atom stereocenters. The zero-order chi connectivity index (χ0) is 15.0. The number of hydrogen-bond acceptors (Lipinski definition) is 3. The number of nitrogens with two attached hydrogens (primary N) is 1. The Morgan fingerprint density at radius 1 is 1.25 bits per heavy atom. The monoisotopic (exact) mass is 283 g/mol. The van der Waals surface area contributed by atoms with Gasteiger partial charge in [-0.05, 0) is 38.1 Å². The second-order valence-electron chi connectivity index (χ2n) is 5.64. The lowest BCUT2D eigenvalue weighted by Crippen LogP contribution is -2.45. The molecule has 0 bridgehead atoms. The maximum Gasteiger partial charge on any atom is 0.239 e. The molecule has 0 aliphatic heterocycles. The molecule has 3 N–H and O–H groups in total. The molecule has 1 aliphatic carbocycles. The lowest BCUT2D eigenvalue weighted by Gasteiger charge is -2.27. The molecule has 2 atom stereocenters. The van der Waals surface area contributed by atoms with Crippen molar-refractivity contribution in [3.8, 4) is 0 Å². The Kier molecular flexibility index (Phi) is 7.59. The zero-order valence-electron chi connectivity index (χ0n) is 12.9. The molecule has 0 radical (unpaired) electrons. The molecule has 5 heteroatoms. The lowest BCUT2D eigenvalue weighted by atomic mass is 9.94. The molecular weight excluding hydrogens is 254 g/mol. The van der Waals surface area contributed by atoms with Gasteiger partial charge in [0, 0.05) is 19.0 Å². The van der Waals surface area contributed by atoms with Crippen molar-refractivity contribution in [2.24, 2.45) is 17.6 Å². The van der Waals surface area contributed by atoms with Crippen LogP contribution in [-0.4, -0.2) is 42.9 Å². The van der Waals surface area contributed by atoms with E-state index in [0.29, 0.717) is 25.6 Å². The average Bonchev–Trinajstić information content (AvgIpc) is 2.92. The van der Waals surface area contributed by atoms with E-state index in [4.69, 9.17) is 5.73 Å². The molecule has 0 heterocycles. The van der Waals surface area contributed by atoms with Crippen molar-refractivity contribution in [2.75, 3.05) is 26.2 Å². The first kappa shape index (κ1) is 17.0. The first-order chi connectivity index (χ1) is 9.63. The number of nitrogens with zero attached hydrogens (tertiary/aromatic N) is 1. The van der Waals surface area contributed by atoms with E-state index in [9.17, 15) is 9.59 Å². The summed E-state index contributed by atoms with van der Waals surface area (Å²) >= 11 is 0. The highest BCUT2D eigenvalue weighted by Gasteiger charge is 2.34. The van der Waals surface area contributed by atoms with Crippen LogP contribution in [0.25, 0.3) is 0 Å². The molecule has 116 valence electrons. The minimum Gasteiger partial charge on any atom is -0.355 e. The summed E-state index contributed by atoms with van der Waals surface area (Å²) in [7, 11) is 0. The van der Waals surface area contributed by atoms with Gasteiger partial charge in [0.05, 0.1) is 6.54 Å². The van der Waals surface area contributed by atoms with Crippen LogP contribution in [0.1, 0.15) is 46.0 Å². The Hall–Kier alpha value is -1.10. The first-order valence-corrected chi connectivity index (χ1v) is 7.89. The second-order valence-corrected chi connectivity index (χ2v) is 5.64. The molecule has 1 saturated carbocycles. The van der Waals surface area contributed by atoms with Gasteiger partial charge in [-0.3, -0.25) is 9.59 Å². The third-order valence-electron chi connectivity index (χ3n) is 3.99. The summed E-state index contributed by atoms with van der Waals surface area (Å²) in [6, 6.07) is 0. The number of nitrogens with one attached hydrogen (secondary N) is 1. The van der Waals surface area contributed by atoms with Crippen molar-refractivity contribution in [3.05, 3.63) is 0 Å². The van der Waals surface area contributed by atoms with Crippen molar-refractivity contribution >= 4 is 11.8 Å². The maximum atomic E-state index is 12.6. The molecule has 2 amide bonds. The van der Waals surface area contributed by atoms with E-state index in [1.165, 1.54) is 0 Å². The number of hydrogen-bond donors (Lipinski definition) is 2. The van der Waals surface area contributed by atoms with Gasteiger partial charge in [-0.2, -0.15) is 0 Å². The fourth-order valence-corrected chi connectivity index (χ4v) is 2.91. The summed E-state index contributed by atoms with van der Waals surface area (Å²) in [6.45, 7) is 6.10. The number of carbonyl (C=O) groups is 2.